The molecule has 1 aliphatic rings. The minimum absolute atomic E-state index is 0.103. The van der Waals surface area contributed by atoms with Crippen LogP contribution in [0.1, 0.15) is 0 Å². The van der Waals surface area contributed by atoms with E-state index in [0.717, 1.165) is 23.2 Å². The number of amides is 1. The Bertz CT molecular complexity index is 332. The van der Waals surface area contributed by atoms with E-state index in [2.05, 4.69) is 26.6 Å². The lowest BCUT2D eigenvalue weighted by molar-refractivity contribution is -0.121. The number of carbonyl (C=O) groups is 1. The predicted octanol–water partition coefficient (Wildman–Crippen LogP) is 1.61. The minimum atomic E-state index is 0.103. The number of hydrogen-bond acceptors (Lipinski definition) is 2. The minimum Gasteiger partial charge on any atom is -0.326 e. The second-order valence-electron chi connectivity index (χ2n) is 3.35. The number of hydrogen-bond donors (Lipinski definition) is 2. The first-order valence-electron chi connectivity index (χ1n) is 4.53. The SMILES string of the molecule is O=C(Nc1ccc(Br)cc1)C1CNC1. The van der Waals surface area contributed by atoms with Gasteiger partial charge in [-0.05, 0) is 24.3 Å². The van der Waals surface area contributed by atoms with Gasteiger partial charge in [-0.2, -0.15) is 0 Å². The molecule has 74 valence electrons. The summed E-state index contributed by atoms with van der Waals surface area (Å²) in [6, 6.07) is 7.59. The van der Waals surface area contributed by atoms with Gasteiger partial charge in [-0.15, -0.1) is 0 Å². The molecule has 1 aliphatic heterocycles. The Morgan fingerprint density at radius 3 is 2.50 bits per heavy atom. The van der Waals surface area contributed by atoms with Gasteiger partial charge in [0, 0.05) is 23.2 Å². The second kappa shape index (κ2) is 4.11. The number of carbonyl (C=O) groups excluding carboxylic acids is 1. The molecule has 0 unspecified atom stereocenters. The normalized spacial score (nSPS) is 16.1. The fraction of sp³-hybridized carbons (Fsp3) is 0.300. The smallest absolute Gasteiger partial charge is 0.230 e. The maximum atomic E-state index is 11.5. The van der Waals surface area contributed by atoms with Gasteiger partial charge in [0.15, 0.2) is 0 Å². The van der Waals surface area contributed by atoms with Crippen molar-refractivity contribution in [2.24, 2.45) is 5.92 Å². The van der Waals surface area contributed by atoms with E-state index in [0.29, 0.717) is 0 Å². The third-order valence-corrected chi connectivity index (χ3v) is 2.79. The van der Waals surface area contributed by atoms with Crippen molar-refractivity contribution in [1.82, 2.24) is 5.32 Å². The van der Waals surface area contributed by atoms with Crippen LogP contribution in [-0.2, 0) is 4.79 Å². The molecule has 0 aliphatic carbocycles. The summed E-state index contributed by atoms with van der Waals surface area (Å²) in [5.41, 5.74) is 0.852. The van der Waals surface area contributed by atoms with Gasteiger partial charge < -0.3 is 10.6 Å². The lowest BCUT2D eigenvalue weighted by atomic mass is 10.0. The molecule has 1 heterocycles. The molecule has 1 fully saturated rings. The fourth-order valence-electron chi connectivity index (χ4n) is 1.25. The quantitative estimate of drug-likeness (QED) is 0.842. The van der Waals surface area contributed by atoms with Gasteiger partial charge >= 0.3 is 0 Å². The van der Waals surface area contributed by atoms with Crippen LogP contribution in [0, 0.1) is 5.92 Å². The Kier molecular flexibility index (Phi) is 2.84. The van der Waals surface area contributed by atoms with Gasteiger partial charge in [-0.25, -0.2) is 0 Å². The lowest BCUT2D eigenvalue weighted by Crippen LogP contribution is -2.48. The molecule has 1 aromatic carbocycles. The van der Waals surface area contributed by atoms with Crippen molar-refractivity contribution >= 4 is 27.5 Å². The zero-order valence-electron chi connectivity index (χ0n) is 7.59. The summed E-state index contributed by atoms with van der Waals surface area (Å²) in [6.45, 7) is 1.59. The maximum Gasteiger partial charge on any atom is 0.230 e. The van der Waals surface area contributed by atoms with Crippen molar-refractivity contribution in [3.63, 3.8) is 0 Å². The van der Waals surface area contributed by atoms with Crippen LogP contribution >= 0.6 is 15.9 Å². The summed E-state index contributed by atoms with van der Waals surface area (Å²) < 4.78 is 1.01. The molecule has 1 saturated heterocycles. The van der Waals surface area contributed by atoms with Crippen LogP contribution in [-0.4, -0.2) is 19.0 Å². The molecular formula is C10H11BrN2O. The van der Waals surface area contributed by atoms with Gasteiger partial charge in [0.1, 0.15) is 0 Å². The fourth-order valence-corrected chi connectivity index (χ4v) is 1.52. The van der Waals surface area contributed by atoms with Crippen molar-refractivity contribution in [3.8, 4) is 0 Å². The number of benzene rings is 1. The van der Waals surface area contributed by atoms with E-state index in [4.69, 9.17) is 0 Å². The van der Waals surface area contributed by atoms with E-state index in [1.165, 1.54) is 0 Å². The van der Waals surface area contributed by atoms with Gasteiger partial charge in [-0.1, -0.05) is 15.9 Å². The molecule has 0 atom stereocenters. The Balaban J connectivity index is 1.96. The third kappa shape index (κ3) is 2.13. The zero-order chi connectivity index (χ0) is 9.97. The van der Waals surface area contributed by atoms with Crippen LogP contribution in [0.5, 0.6) is 0 Å². The molecule has 0 radical (unpaired) electrons. The first-order chi connectivity index (χ1) is 6.75. The molecular weight excluding hydrogens is 244 g/mol. The molecule has 1 aromatic rings. The van der Waals surface area contributed by atoms with E-state index in [-0.39, 0.29) is 11.8 Å². The first kappa shape index (κ1) is 9.68. The largest absolute Gasteiger partial charge is 0.326 e. The van der Waals surface area contributed by atoms with Crippen LogP contribution < -0.4 is 10.6 Å². The molecule has 0 aromatic heterocycles. The van der Waals surface area contributed by atoms with E-state index in [1.54, 1.807) is 0 Å². The summed E-state index contributed by atoms with van der Waals surface area (Å²) in [4.78, 5) is 11.5. The Labute approximate surface area is 91.0 Å². The Morgan fingerprint density at radius 1 is 1.36 bits per heavy atom. The average Bonchev–Trinajstić information content (AvgIpc) is 2.06. The van der Waals surface area contributed by atoms with Crippen molar-refractivity contribution in [2.75, 3.05) is 18.4 Å². The van der Waals surface area contributed by atoms with E-state index >= 15 is 0 Å². The highest BCUT2D eigenvalue weighted by Crippen LogP contribution is 2.15. The first-order valence-corrected chi connectivity index (χ1v) is 5.32. The highest BCUT2D eigenvalue weighted by Gasteiger charge is 2.24. The molecule has 4 heteroatoms. The van der Waals surface area contributed by atoms with Crippen LogP contribution in [0.3, 0.4) is 0 Å². The highest BCUT2D eigenvalue weighted by molar-refractivity contribution is 9.10. The highest BCUT2D eigenvalue weighted by atomic mass is 79.9. The lowest BCUT2D eigenvalue weighted by Gasteiger charge is -2.25. The topological polar surface area (TPSA) is 41.1 Å². The van der Waals surface area contributed by atoms with Crippen molar-refractivity contribution in [2.45, 2.75) is 0 Å². The van der Waals surface area contributed by atoms with E-state index in [1.807, 2.05) is 24.3 Å². The monoisotopic (exact) mass is 254 g/mol. The van der Waals surface area contributed by atoms with Gasteiger partial charge in [0.2, 0.25) is 5.91 Å². The van der Waals surface area contributed by atoms with Crippen molar-refractivity contribution < 1.29 is 4.79 Å². The summed E-state index contributed by atoms with van der Waals surface area (Å²) in [5.74, 6) is 0.240. The van der Waals surface area contributed by atoms with E-state index < -0.39 is 0 Å². The van der Waals surface area contributed by atoms with Crippen LogP contribution in [0.25, 0.3) is 0 Å². The molecule has 14 heavy (non-hydrogen) atoms. The third-order valence-electron chi connectivity index (χ3n) is 2.26. The predicted molar refractivity (Wildman–Crippen MR) is 59.1 cm³/mol. The Hall–Kier alpha value is -0.870. The average molecular weight is 255 g/mol. The molecule has 3 nitrogen and oxygen atoms in total. The van der Waals surface area contributed by atoms with Crippen molar-refractivity contribution in [1.29, 1.82) is 0 Å². The number of halogens is 1. The Morgan fingerprint density at radius 2 is 2.00 bits per heavy atom. The van der Waals surface area contributed by atoms with Crippen LogP contribution in [0.15, 0.2) is 28.7 Å². The van der Waals surface area contributed by atoms with Crippen molar-refractivity contribution in [3.05, 3.63) is 28.7 Å². The number of nitrogens with one attached hydrogen (secondary N) is 2. The molecule has 2 N–H and O–H groups in total. The maximum absolute atomic E-state index is 11.5. The molecule has 2 rings (SSSR count). The molecule has 0 saturated carbocycles. The molecule has 1 amide bonds. The summed E-state index contributed by atoms with van der Waals surface area (Å²) in [5, 5.41) is 5.94. The van der Waals surface area contributed by atoms with Gasteiger partial charge in [0.05, 0.1) is 5.92 Å². The second-order valence-corrected chi connectivity index (χ2v) is 4.27. The zero-order valence-corrected chi connectivity index (χ0v) is 9.17. The van der Waals surface area contributed by atoms with Crippen LogP contribution in [0.2, 0.25) is 0 Å². The molecule has 0 bridgehead atoms. The van der Waals surface area contributed by atoms with E-state index in [9.17, 15) is 4.79 Å². The number of anilines is 1. The standard InChI is InChI=1S/C10H11BrN2O/c11-8-1-3-9(4-2-8)13-10(14)7-5-12-6-7/h1-4,7,12H,5-6H2,(H,13,14). The summed E-state index contributed by atoms with van der Waals surface area (Å²) in [7, 11) is 0. The van der Waals surface area contributed by atoms with Crippen LogP contribution in [0.4, 0.5) is 5.69 Å². The van der Waals surface area contributed by atoms with Gasteiger partial charge in [-0.3, -0.25) is 4.79 Å². The number of rotatable bonds is 2. The molecule has 0 spiro atoms. The summed E-state index contributed by atoms with van der Waals surface area (Å²) in [6.07, 6.45) is 0. The summed E-state index contributed by atoms with van der Waals surface area (Å²) >= 11 is 3.34. The van der Waals surface area contributed by atoms with Gasteiger partial charge in [0.25, 0.3) is 0 Å².